The van der Waals surface area contributed by atoms with Crippen molar-refractivity contribution in [3.8, 4) is 22.5 Å². The summed E-state index contributed by atoms with van der Waals surface area (Å²) >= 11 is 0. The molecule has 0 bridgehead atoms. The number of methoxy groups -OCH3 is 2. The highest BCUT2D eigenvalue weighted by Crippen LogP contribution is 2.23. The van der Waals surface area contributed by atoms with E-state index < -0.39 is 11.9 Å². The van der Waals surface area contributed by atoms with Crippen molar-refractivity contribution in [3.05, 3.63) is 36.7 Å². The maximum absolute atomic E-state index is 11.3. The van der Waals surface area contributed by atoms with Crippen LogP contribution in [0.5, 0.6) is 0 Å². The molecule has 2 aromatic heterocycles. The van der Waals surface area contributed by atoms with Crippen molar-refractivity contribution in [1.82, 2.24) is 30.0 Å². The molecule has 0 saturated heterocycles. The van der Waals surface area contributed by atoms with Gasteiger partial charge in [-0.3, -0.25) is 9.59 Å². The van der Waals surface area contributed by atoms with Crippen molar-refractivity contribution >= 4 is 11.9 Å². The molecule has 0 fully saturated rings. The van der Waals surface area contributed by atoms with E-state index in [4.69, 9.17) is 0 Å². The number of ether oxygens (including phenoxy) is 2. The smallest absolute Gasteiger partial charge is 0.327 e. The van der Waals surface area contributed by atoms with Crippen LogP contribution >= 0.6 is 0 Å². The Bertz CT molecular complexity index is 861. The lowest BCUT2D eigenvalue weighted by Crippen LogP contribution is -2.11. The Labute approximate surface area is 148 Å². The van der Waals surface area contributed by atoms with Gasteiger partial charge in [0.25, 0.3) is 0 Å². The van der Waals surface area contributed by atoms with Crippen LogP contribution in [-0.2, 0) is 32.2 Å². The molecule has 0 N–H and O–H groups in total. The summed E-state index contributed by atoms with van der Waals surface area (Å²) in [6.07, 6.45) is 3.31. The molecule has 0 aliphatic carbocycles. The van der Waals surface area contributed by atoms with E-state index >= 15 is 0 Å². The van der Waals surface area contributed by atoms with Crippen molar-refractivity contribution in [1.29, 1.82) is 0 Å². The maximum atomic E-state index is 11.3. The molecule has 1 aromatic carbocycles. The quantitative estimate of drug-likeness (QED) is 0.588. The normalized spacial score (nSPS) is 10.5. The van der Waals surface area contributed by atoms with E-state index in [1.54, 1.807) is 12.4 Å². The van der Waals surface area contributed by atoms with Crippen LogP contribution in [0.25, 0.3) is 22.5 Å². The number of carbonyl (C=O) groups excluding carboxylic acids is 2. The van der Waals surface area contributed by atoms with Crippen LogP contribution in [-0.4, -0.2) is 56.1 Å². The van der Waals surface area contributed by atoms with E-state index in [0.29, 0.717) is 11.4 Å². The molecule has 0 atom stereocenters. The van der Waals surface area contributed by atoms with Gasteiger partial charge in [0.15, 0.2) is 0 Å². The van der Waals surface area contributed by atoms with Crippen molar-refractivity contribution in [2.75, 3.05) is 14.2 Å². The van der Waals surface area contributed by atoms with Gasteiger partial charge < -0.3 is 9.47 Å². The summed E-state index contributed by atoms with van der Waals surface area (Å²) in [5.74, 6) is -0.810. The molecule has 0 saturated carbocycles. The van der Waals surface area contributed by atoms with E-state index in [0.717, 1.165) is 11.1 Å². The minimum absolute atomic E-state index is 0.00888. The summed E-state index contributed by atoms with van der Waals surface area (Å²) in [6.45, 7) is -0.0178. The SMILES string of the molecule is COC(=O)Cn1cc(-c2cccc(-c3cn(CC(=O)OC)nn3)c2)nn1. The third-order valence-electron chi connectivity index (χ3n) is 3.57. The Morgan fingerprint density at radius 2 is 1.35 bits per heavy atom. The first-order valence-corrected chi connectivity index (χ1v) is 7.63. The second-order valence-corrected chi connectivity index (χ2v) is 5.34. The molecule has 0 aliphatic rings. The summed E-state index contributed by atoms with van der Waals surface area (Å²) in [6, 6.07) is 7.46. The monoisotopic (exact) mass is 356 g/mol. The predicted molar refractivity (Wildman–Crippen MR) is 88.5 cm³/mol. The Kier molecular flexibility index (Phi) is 5.02. The fourth-order valence-electron chi connectivity index (χ4n) is 2.25. The van der Waals surface area contributed by atoms with Crippen LogP contribution in [0.4, 0.5) is 0 Å². The second kappa shape index (κ2) is 7.55. The van der Waals surface area contributed by atoms with Gasteiger partial charge in [-0.1, -0.05) is 28.6 Å². The number of benzene rings is 1. The largest absolute Gasteiger partial charge is 0.468 e. The van der Waals surface area contributed by atoms with Crippen molar-refractivity contribution in [2.45, 2.75) is 13.1 Å². The molecular weight excluding hydrogens is 340 g/mol. The van der Waals surface area contributed by atoms with Crippen LogP contribution in [0.15, 0.2) is 36.7 Å². The van der Waals surface area contributed by atoms with Crippen LogP contribution in [0.2, 0.25) is 0 Å². The molecule has 10 nitrogen and oxygen atoms in total. The molecule has 134 valence electrons. The maximum Gasteiger partial charge on any atom is 0.327 e. The van der Waals surface area contributed by atoms with E-state index in [-0.39, 0.29) is 13.1 Å². The highest BCUT2D eigenvalue weighted by Gasteiger charge is 2.11. The number of esters is 2. The Hall–Kier alpha value is -3.56. The molecule has 2 heterocycles. The summed E-state index contributed by atoms with van der Waals surface area (Å²) in [5, 5.41) is 16.0. The van der Waals surface area contributed by atoms with E-state index in [2.05, 4.69) is 30.1 Å². The minimum atomic E-state index is -0.405. The second-order valence-electron chi connectivity index (χ2n) is 5.34. The molecule has 3 aromatic rings. The topological polar surface area (TPSA) is 114 Å². The molecular formula is C16H16N6O4. The third-order valence-corrected chi connectivity index (χ3v) is 3.57. The fraction of sp³-hybridized carbons (Fsp3) is 0.250. The van der Waals surface area contributed by atoms with E-state index in [1.165, 1.54) is 23.6 Å². The predicted octanol–water partition coefficient (Wildman–Crippen LogP) is 0.550. The first-order chi connectivity index (χ1) is 12.6. The average molecular weight is 356 g/mol. The van der Waals surface area contributed by atoms with Gasteiger partial charge in [-0.15, -0.1) is 10.2 Å². The zero-order valence-electron chi connectivity index (χ0n) is 14.2. The van der Waals surface area contributed by atoms with Gasteiger partial charge in [0, 0.05) is 11.1 Å². The Morgan fingerprint density at radius 1 is 0.885 bits per heavy atom. The third kappa shape index (κ3) is 3.91. The van der Waals surface area contributed by atoms with Gasteiger partial charge in [0.05, 0.1) is 26.6 Å². The molecule has 0 amide bonds. The molecule has 0 unspecified atom stereocenters. The van der Waals surface area contributed by atoms with Crippen LogP contribution < -0.4 is 0 Å². The molecule has 0 spiro atoms. The molecule has 10 heteroatoms. The summed E-state index contributed by atoms with van der Waals surface area (Å²) in [7, 11) is 2.63. The molecule has 0 aliphatic heterocycles. The number of nitrogens with zero attached hydrogens (tertiary/aromatic N) is 6. The summed E-state index contributed by atoms with van der Waals surface area (Å²) in [5.41, 5.74) is 2.83. The van der Waals surface area contributed by atoms with E-state index in [1.807, 2.05) is 24.3 Å². The number of rotatable bonds is 6. The first kappa shape index (κ1) is 17.3. The minimum Gasteiger partial charge on any atom is -0.468 e. The number of aromatic nitrogens is 6. The first-order valence-electron chi connectivity index (χ1n) is 7.63. The zero-order valence-corrected chi connectivity index (χ0v) is 14.2. The van der Waals surface area contributed by atoms with Gasteiger partial charge in [0.2, 0.25) is 0 Å². The lowest BCUT2D eigenvalue weighted by molar-refractivity contribution is -0.142. The average Bonchev–Trinajstić information content (AvgIpc) is 3.31. The lowest BCUT2D eigenvalue weighted by atomic mass is 10.1. The van der Waals surface area contributed by atoms with Crippen LogP contribution in [0.1, 0.15) is 0 Å². The zero-order chi connectivity index (χ0) is 18.5. The molecule has 0 radical (unpaired) electrons. The Morgan fingerprint density at radius 3 is 1.77 bits per heavy atom. The van der Waals surface area contributed by atoms with Gasteiger partial charge in [0.1, 0.15) is 24.5 Å². The van der Waals surface area contributed by atoms with Crippen molar-refractivity contribution in [3.63, 3.8) is 0 Å². The highest BCUT2D eigenvalue weighted by molar-refractivity contribution is 5.71. The lowest BCUT2D eigenvalue weighted by Gasteiger charge is -2.00. The van der Waals surface area contributed by atoms with Gasteiger partial charge in [-0.2, -0.15) is 0 Å². The molecule has 3 rings (SSSR count). The van der Waals surface area contributed by atoms with Gasteiger partial charge >= 0.3 is 11.9 Å². The van der Waals surface area contributed by atoms with E-state index in [9.17, 15) is 9.59 Å². The van der Waals surface area contributed by atoms with Crippen molar-refractivity contribution in [2.24, 2.45) is 0 Å². The Balaban J connectivity index is 1.80. The van der Waals surface area contributed by atoms with Crippen molar-refractivity contribution < 1.29 is 19.1 Å². The van der Waals surface area contributed by atoms with Gasteiger partial charge in [-0.25, -0.2) is 9.36 Å². The summed E-state index contributed by atoms with van der Waals surface area (Å²) in [4.78, 5) is 22.6. The number of hydrogen-bond donors (Lipinski definition) is 0. The molecule has 26 heavy (non-hydrogen) atoms. The number of carbonyl (C=O) groups is 2. The highest BCUT2D eigenvalue weighted by atomic mass is 16.5. The van der Waals surface area contributed by atoms with Gasteiger partial charge in [-0.05, 0) is 6.07 Å². The standard InChI is InChI=1S/C16H16N6O4/c1-25-15(23)9-21-7-13(17-19-21)11-4-3-5-12(6-11)14-8-22(20-18-14)10-16(24)26-2/h3-8H,9-10H2,1-2H3. The fourth-order valence-corrected chi connectivity index (χ4v) is 2.25. The summed E-state index contributed by atoms with van der Waals surface area (Å²) < 4.78 is 12.0. The van der Waals surface area contributed by atoms with Crippen LogP contribution in [0, 0.1) is 0 Å². The number of hydrogen-bond acceptors (Lipinski definition) is 8. The van der Waals surface area contributed by atoms with Crippen LogP contribution in [0.3, 0.4) is 0 Å².